The molecule has 1 atom stereocenters. The molecule has 1 amide bonds. The number of alkyl halides is 3. The molecule has 1 aromatic heterocycles. The Labute approximate surface area is 256 Å². The van der Waals surface area contributed by atoms with Crippen LogP contribution < -0.4 is 14.8 Å². The van der Waals surface area contributed by atoms with Gasteiger partial charge in [-0.2, -0.15) is 13.2 Å². The van der Waals surface area contributed by atoms with Gasteiger partial charge in [0.25, 0.3) is 15.9 Å². The predicted molar refractivity (Wildman–Crippen MR) is 159 cm³/mol. The molecule has 1 unspecified atom stereocenters. The van der Waals surface area contributed by atoms with E-state index in [1.54, 1.807) is 31.2 Å². The molecule has 0 aliphatic heterocycles. The molecule has 14 heteroatoms. The number of nitrogens with one attached hydrogen (secondary N) is 2. The number of rotatable bonds is 12. The number of aromatic nitrogens is 2. The lowest BCUT2D eigenvalue weighted by molar-refractivity contribution is -0.137. The van der Waals surface area contributed by atoms with Gasteiger partial charge in [-0.25, -0.2) is 12.8 Å². The fourth-order valence-electron chi connectivity index (χ4n) is 4.29. The molecule has 0 saturated heterocycles. The van der Waals surface area contributed by atoms with Crippen molar-refractivity contribution < 1.29 is 35.5 Å². The minimum Gasteiger partial charge on any atom is -0.493 e. The Morgan fingerprint density at radius 1 is 1.00 bits per heavy atom. The summed E-state index contributed by atoms with van der Waals surface area (Å²) in [5, 5.41) is 11.5. The molecule has 4 aromatic rings. The molecule has 4 rings (SSSR count). The van der Waals surface area contributed by atoms with Gasteiger partial charge >= 0.3 is 6.18 Å². The van der Waals surface area contributed by atoms with E-state index in [-0.39, 0.29) is 40.4 Å². The summed E-state index contributed by atoms with van der Waals surface area (Å²) in [4.78, 5) is 13.1. The largest absolute Gasteiger partial charge is 0.493 e. The fourth-order valence-corrected chi connectivity index (χ4v) is 6.26. The first kappa shape index (κ1) is 32.9. The summed E-state index contributed by atoms with van der Waals surface area (Å²) < 4.78 is 86.9. The minimum atomic E-state index is -4.61. The molecule has 0 bridgehead atoms. The summed E-state index contributed by atoms with van der Waals surface area (Å²) in [6, 6.07) is 14.5. The number of carbonyl (C=O) groups is 1. The van der Waals surface area contributed by atoms with Crippen molar-refractivity contribution in [3.63, 3.8) is 0 Å². The van der Waals surface area contributed by atoms with Gasteiger partial charge in [0.05, 0.1) is 22.6 Å². The summed E-state index contributed by atoms with van der Waals surface area (Å²) in [5.74, 6) is -1.58. The van der Waals surface area contributed by atoms with Gasteiger partial charge in [-0.15, -0.1) is 10.2 Å². The Morgan fingerprint density at radius 3 is 2.27 bits per heavy atom. The molecule has 0 fully saturated rings. The van der Waals surface area contributed by atoms with Crippen LogP contribution in [0.4, 0.5) is 22.7 Å². The molecular formula is C30H30F4N4O4S2. The van der Waals surface area contributed by atoms with E-state index in [1.807, 2.05) is 13.8 Å². The summed E-state index contributed by atoms with van der Waals surface area (Å²) >= 11 is 1.14. The highest BCUT2D eigenvalue weighted by Crippen LogP contribution is 2.33. The smallest absolute Gasteiger partial charge is 0.416 e. The van der Waals surface area contributed by atoms with Crippen LogP contribution in [-0.4, -0.2) is 37.7 Å². The average molecular weight is 651 g/mol. The van der Waals surface area contributed by atoms with Crippen LogP contribution in [0.5, 0.6) is 5.75 Å². The summed E-state index contributed by atoms with van der Waals surface area (Å²) in [6.07, 6.45) is -4.26. The number of ether oxygens (including phenoxy) is 1. The molecule has 234 valence electrons. The number of hydrogen-bond acceptors (Lipinski definition) is 7. The van der Waals surface area contributed by atoms with Gasteiger partial charge in [0.15, 0.2) is 0 Å². The third-order valence-electron chi connectivity index (χ3n) is 6.58. The summed E-state index contributed by atoms with van der Waals surface area (Å²) in [7, 11) is -3.97. The van der Waals surface area contributed by atoms with Gasteiger partial charge in [-0.1, -0.05) is 49.4 Å². The zero-order valence-electron chi connectivity index (χ0n) is 24.0. The van der Waals surface area contributed by atoms with E-state index in [0.29, 0.717) is 17.0 Å². The summed E-state index contributed by atoms with van der Waals surface area (Å²) in [6.45, 7) is 5.52. The highest BCUT2D eigenvalue weighted by atomic mass is 32.2. The third-order valence-corrected chi connectivity index (χ3v) is 9.20. The van der Waals surface area contributed by atoms with E-state index < -0.39 is 39.4 Å². The lowest BCUT2D eigenvalue weighted by atomic mass is 9.91. The summed E-state index contributed by atoms with van der Waals surface area (Å²) in [5.41, 5.74) is 0.419. The fraction of sp³-hybridized carbons (Fsp3) is 0.300. The van der Waals surface area contributed by atoms with Crippen LogP contribution in [0.25, 0.3) is 0 Å². The molecular weight excluding hydrogens is 620 g/mol. The first-order valence-corrected chi connectivity index (χ1v) is 15.9. The van der Waals surface area contributed by atoms with Gasteiger partial charge in [-0.05, 0) is 66.9 Å². The maximum atomic E-state index is 13.5. The van der Waals surface area contributed by atoms with Crippen molar-refractivity contribution >= 4 is 32.4 Å². The van der Waals surface area contributed by atoms with E-state index in [9.17, 15) is 30.8 Å². The second kappa shape index (κ2) is 13.7. The van der Waals surface area contributed by atoms with Crippen molar-refractivity contribution in [3.05, 3.63) is 99.8 Å². The van der Waals surface area contributed by atoms with Crippen LogP contribution >= 0.6 is 11.3 Å². The molecule has 1 heterocycles. The van der Waals surface area contributed by atoms with E-state index in [2.05, 4.69) is 20.2 Å². The topological polar surface area (TPSA) is 110 Å². The number of benzene rings is 3. The highest BCUT2D eigenvalue weighted by Gasteiger charge is 2.32. The zero-order chi connectivity index (χ0) is 32.1. The number of halogens is 4. The second-order valence-corrected chi connectivity index (χ2v) is 12.8. The molecule has 0 spiro atoms. The minimum absolute atomic E-state index is 0.0155. The number of carbonyl (C=O) groups excluding carboxylic acids is 1. The molecule has 44 heavy (non-hydrogen) atoms. The number of hydrogen-bond donors (Lipinski definition) is 2. The molecule has 8 nitrogen and oxygen atoms in total. The Hall–Kier alpha value is -4.04. The first-order chi connectivity index (χ1) is 20.8. The van der Waals surface area contributed by atoms with Crippen molar-refractivity contribution in [3.8, 4) is 5.75 Å². The number of nitrogens with zero attached hydrogens (tertiary/aromatic N) is 2. The van der Waals surface area contributed by atoms with Crippen LogP contribution in [0.1, 0.15) is 64.7 Å². The van der Waals surface area contributed by atoms with Crippen LogP contribution in [0.2, 0.25) is 0 Å². The van der Waals surface area contributed by atoms with E-state index in [1.165, 1.54) is 24.3 Å². The van der Waals surface area contributed by atoms with E-state index in [0.717, 1.165) is 35.1 Å². The second-order valence-electron chi connectivity index (χ2n) is 10.2. The van der Waals surface area contributed by atoms with Gasteiger partial charge < -0.3 is 10.1 Å². The molecule has 0 radical (unpaired) electrons. The Bertz CT molecular complexity index is 1690. The molecule has 0 aliphatic rings. The third kappa shape index (κ3) is 8.32. The van der Waals surface area contributed by atoms with Gasteiger partial charge in [0.1, 0.15) is 16.6 Å². The normalized spacial score (nSPS) is 12.6. The van der Waals surface area contributed by atoms with Crippen molar-refractivity contribution in [2.75, 3.05) is 17.9 Å². The maximum absolute atomic E-state index is 13.5. The zero-order valence-corrected chi connectivity index (χ0v) is 25.6. The Kier molecular flexibility index (Phi) is 10.3. The monoisotopic (exact) mass is 650 g/mol. The average Bonchev–Trinajstić information content (AvgIpc) is 3.44. The standard InChI is InChI=1S/C30H30F4N4O4S2/c1-4-42-26-16-22(30(32,33)34)9-14-25(26)27(39)35-17-21(15-19-5-10-23(31)11-6-19)20-7-12-24(13-8-20)44(40,41)38-29-37-36-28(43-29)18(2)3/h5-14,16,18,21H,4,15,17H2,1-3H3,(H,35,39)(H,37,38). The number of sulfonamides is 1. The predicted octanol–water partition coefficient (Wildman–Crippen LogP) is 6.78. The van der Waals surface area contributed by atoms with Crippen molar-refractivity contribution in [1.82, 2.24) is 15.5 Å². The van der Waals surface area contributed by atoms with Crippen molar-refractivity contribution in [2.45, 2.75) is 50.1 Å². The molecule has 3 aromatic carbocycles. The maximum Gasteiger partial charge on any atom is 0.416 e. The molecule has 0 saturated carbocycles. The van der Waals surface area contributed by atoms with Crippen LogP contribution in [0.3, 0.4) is 0 Å². The van der Waals surface area contributed by atoms with Crippen LogP contribution in [-0.2, 0) is 22.6 Å². The lowest BCUT2D eigenvalue weighted by Gasteiger charge is -2.20. The number of anilines is 1. The van der Waals surface area contributed by atoms with E-state index >= 15 is 0 Å². The lowest BCUT2D eigenvalue weighted by Crippen LogP contribution is -2.30. The van der Waals surface area contributed by atoms with Gasteiger partial charge in [-0.3, -0.25) is 9.52 Å². The first-order valence-electron chi connectivity index (χ1n) is 13.6. The van der Waals surface area contributed by atoms with Crippen LogP contribution in [0, 0.1) is 5.82 Å². The van der Waals surface area contributed by atoms with Crippen LogP contribution in [0.15, 0.2) is 71.6 Å². The SMILES string of the molecule is CCOc1cc(C(F)(F)F)ccc1C(=O)NCC(Cc1ccc(F)cc1)c1ccc(S(=O)(=O)Nc2nnc(C(C)C)s2)cc1. The Balaban J connectivity index is 1.56. The molecule has 0 aliphatic carbocycles. The Morgan fingerprint density at radius 2 is 1.68 bits per heavy atom. The quantitative estimate of drug-likeness (QED) is 0.164. The van der Waals surface area contributed by atoms with E-state index in [4.69, 9.17) is 4.74 Å². The van der Waals surface area contributed by atoms with Gasteiger partial charge in [0, 0.05) is 18.4 Å². The molecule has 2 N–H and O–H groups in total. The van der Waals surface area contributed by atoms with Crippen molar-refractivity contribution in [1.29, 1.82) is 0 Å². The van der Waals surface area contributed by atoms with Crippen molar-refractivity contribution in [2.24, 2.45) is 0 Å². The van der Waals surface area contributed by atoms with Gasteiger partial charge in [0.2, 0.25) is 5.13 Å². The highest BCUT2D eigenvalue weighted by molar-refractivity contribution is 7.93. The number of amides is 1.